The van der Waals surface area contributed by atoms with E-state index in [-0.39, 0.29) is 11.8 Å². The van der Waals surface area contributed by atoms with Gasteiger partial charge < -0.3 is 19.5 Å². The van der Waals surface area contributed by atoms with Crippen molar-refractivity contribution in [1.29, 1.82) is 0 Å². The van der Waals surface area contributed by atoms with E-state index in [1.807, 2.05) is 38.1 Å². The molecule has 0 aliphatic carbocycles. The highest BCUT2D eigenvalue weighted by atomic mass is 16.5. The standard InChI is InChI=1S/C20H23N3O3/c1-11-6-16(26-22-11)7-15-9-23(10-19(15)24)20(25)14-4-5-18-17(8-14)12(2)13(3)21-18/h4-6,8,15,19,21,24H,7,9-10H2,1-3H3/t15-,19-/m1/s1. The number of benzene rings is 1. The summed E-state index contributed by atoms with van der Waals surface area (Å²) in [6.45, 7) is 6.82. The van der Waals surface area contributed by atoms with Gasteiger partial charge in [0.25, 0.3) is 5.91 Å². The van der Waals surface area contributed by atoms with Crippen molar-refractivity contribution in [2.45, 2.75) is 33.3 Å². The molecule has 0 saturated carbocycles. The quantitative estimate of drug-likeness (QED) is 0.758. The molecule has 6 nitrogen and oxygen atoms in total. The summed E-state index contributed by atoms with van der Waals surface area (Å²) in [4.78, 5) is 18.0. The lowest BCUT2D eigenvalue weighted by molar-refractivity contribution is 0.0765. The smallest absolute Gasteiger partial charge is 0.253 e. The number of β-amino-alcohol motifs (C(OH)–C–C–N with tert-alkyl or cyclic N) is 1. The van der Waals surface area contributed by atoms with Gasteiger partial charge in [-0.05, 0) is 44.5 Å². The van der Waals surface area contributed by atoms with E-state index < -0.39 is 6.10 Å². The van der Waals surface area contributed by atoms with Crippen LogP contribution in [-0.2, 0) is 6.42 Å². The molecule has 136 valence electrons. The lowest BCUT2D eigenvalue weighted by atomic mass is 10.0. The number of carbonyl (C=O) groups is 1. The van der Waals surface area contributed by atoms with Crippen LogP contribution in [0.1, 0.15) is 33.1 Å². The van der Waals surface area contributed by atoms with Gasteiger partial charge in [0.2, 0.25) is 0 Å². The average molecular weight is 353 g/mol. The Morgan fingerprint density at radius 2 is 2.12 bits per heavy atom. The van der Waals surface area contributed by atoms with Crippen LogP contribution >= 0.6 is 0 Å². The molecule has 6 heteroatoms. The first-order valence-electron chi connectivity index (χ1n) is 8.91. The third kappa shape index (κ3) is 2.90. The van der Waals surface area contributed by atoms with Gasteiger partial charge in [-0.3, -0.25) is 4.79 Å². The number of hydrogen-bond donors (Lipinski definition) is 2. The second-order valence-corrected chi connectivity index (χ2v) is 7.31. The third-order valence-electron chi connectivity index (χ3n) is 5.39. The molecule has 1 amide bonds. The molecule has 1 saturated heterocycles. The number of amides is 1. The number of hydrogen-bond acceptors (Lipinski definition) is 4. The fraction of sp³-hybridized carbons (Fsp3) is 0.400. The van der Waals surface area contributed by atoms with Crippen LogP contribution in [0.4, 0.5) is 0 Å². The zero-order valence-electron chi connectivity index (χ0n) is 15.2. The maximum Gasteiger partial charge on any atom is 0.253 e. The van der Waals surface area contributed by atoms with Crippen molar-refractivity contribution < 1.29 is 14.4 Å². The number of nitrogens with zero attached hydrogens (tertiary/aromatic N) is 2. The monoisotopic (exact) mass is 353 g/mol. The first-order chi connectivity index (χ1) is 12.4. The van der Waals surface area contributed by atoms with E-state index in [2.05, 4.69) is 17.1 Å². The molecular weight excluding hydrogens is 330 g/mol. The highest BCUT2D eigenvalue weighted by molar-refractivity contribution is 5.99. The van der Waals surface area contributed by atoms with E-state index in [1.165, 1.54) is 0 Å². The predicted octanol–water partition coefficient (Wildman–Crippen LogP) is 2.76. The lowest BCUT2D eigenvalue weighted by Gasteiger charge is -2.16. The van der Waals surface area contributed by atoms with Crippen LogP contribution < -0.4 is 0 Å². The average Bonchev–Trinajstić information content (AvgIpc) is 3.27. The van der Waals surface area contributed by atoms with Crippen molar-refractivity contribution in [3.8, 4) is 0 Å². The molecule has 1 fully saturated rings. The van der Waals surface area contributed by atoms with Crippen LogP contribution in [-0.4, -0.2) is 45.2 Å². The molecule has 1 aliphatic rings. The van der Waals surface area contributed by atoms with Gasteiger partial charge in [-0.1, -0.05) is 5.16 Å². The maximum absolute atomic E-state index is 12.9. The molecule has 4 rings (SSSR count). The molecule has 3 aromatic rings. The Hall–Kier alpha value is -2.60. The van der Waals surface area contributed by atoms with E-state index in [1.54, 1.807) is 4.90 Å². The largest absolute Gasteiger partial charge is 0.391 e. The fourth-order valence-corrected chi connectivity index (χ4v) is 3.77. The van der Waals surface area contributed by atoms with E-state index in [4.69, 9.17) is 4.52 Å². The van der Waals surface area contributed by atoms with Gasteiger partial charge in [0.05, 0.1) is 11.8 Å². The molecule has 26 heavy (non-hydrogen) atoms. The summed E-state index contributed by atoms with van der Waals surface area (Å²) >= 11 is 0. The minimum atomic E-state index is -0.552. The summed E-state index contributed by atoms with van der Waals surface area (Å²) in [5.74, 6) is 0.674. The number of carbonyl (C=O) groups excluding carboxylic acids is 1. The number of rotatable bonds is 3. The molecule has 1 aromatic carbocycles. The number of likely N-dealkylation sites (tertiary alicyclic amines) is 1. The lowest BCUT2D eigenvalue weighted by Crippen LogP contribution is -2.29. The number of fused-ring (bicyclic) bond motifs is 1. The first-order valence-corrected chi connectivity index (χ1v) is 8.91. The van der Waals surface area contributed by atoms with Crippen molar-refractivity contribution in [3.05, 3.63) is 52.5 Å². The van der Waals surface area contributed by atoms with Crippen LogP contribution in [0.5, 0.6) is 0 Å². The normalized spacial score (nSPS) is 20.2. The summed E-state index contributed by atoms with van der Waals surface area (Å²) < 4.78 is 5.25. The van der Waals surface area contributed by atoms with Crippen LogP contribution in [0.2, 0.25) is 0 Å². The Kier molecular flexibility index (Phi) is 4.07. The Balaban J connectivity index is 1.52. The Labute approximate surface area is 151 Å². The number of H-pyrrole nitrogens is 1. The summed E-state index contributed by atoms with van der Waals surface area (Å²) in [5.41, 5.74) is 4.80. The zero-order valence-corrected chi connectivity index (χ0v) is 15.2. The van der Waals surface area contributed by atoms with Crippen molar-refractivity contribution in [1.82, 2.24) is 15.0 Å². The molecule has 0 radical (unpaired) electrons. The predicted molar refractivity (Wildman–Crippen MR) is 98.1 cm³/mol. The second kappa shape index (κ2) is 6.29. The van der Waals surface area contributed by atoms with Gasteiger partial charge in [0.1, 0.15) is 5.76 Å². The minimum Gasteiger partial charge on any atom is -0.391 e. The van der Waals surface area contributed by atoms with E-state index >= 15 is 0 Å². The van der Waals surface area contributed by atoms with Crippen molar-refractivity contribution in [2.24, 2.45) is 5.92 Å². The summed E-state index contributed by atoms with van der Waals surface area (Å²) in [6.07, 6.45) is 0.0327. The number of aliphatic hydroxyl groups excluding tert-OH is 1. The molecule has 0 unspecified atom stereocenters. The van der Waals surface area contributed by atoms with Crippen molar-refractivity contribution in [3.63, 3.8) is 0 Å². The highest BCUT2D eigenvalue weighted by Gasteiger charge is 2.35. The summed E-state index contributed by atoms with van der Waals surface area (Å²) in [7, 11) is 0. The first kappa shape index (κ1) is 16.8. The van der Waals surface area contributed by atoms with E-state index in [9.17, 15) is 9.90 Å². The van der Waals surface area contributed by atoms with E-state index in [0.29, 0.717) is 25.1 Å². The molecule has 1 aliphatic heterocycles. The van der Waals surface area contributed by atoms with Crippen LogP contribution in [0.15, 0.2) is 28.8 Å². The number of aromatic amines is 1. The Bertz CT molecular complexity index is 972. The molecule has 2 N–H and O–H groups in total. The van der Waals surface area contributed by atoms with Crippen LogP contribution in [0, 0.1) is 26.7 Å². The van der Waals surface area contributed by atoms with Crippen molar-refractivity contribution >= 4 is 16.8 Å². The molecule has 0 bridgehead atoms. The van der Waals surface area contributed by atoms with Crippen LogP contribution in [0.3, 0.4) is 0 Å². The number of aliphatic hydroxyl groups is 1. The van der Waals surface area contributed by atoms with Crippen molar-refractivity contribution in [2.75, 3.05) is 13.1 Å². The minimum absolute atomic E-state index is 0.0359. The van der Waals surface area contributed by atoms with Gasteiger partial charge in [0.15, 0.2) is 0 Å². The highest BCUT2D eigenvalue weighted by Crippen LogP contribution is 2.26. The molecular formula is C20H23N3O3. The summed E-state index contributed by atoms with van der Waals surface area (Å²) in [5, 5.41) is 15.3. The second-order valence-electron chi connectivity index (χ2n) is 7.31. The number of aromatic nitrogens is 2. The number of nitrogens with one attached hydrogen (secondary N) is 1. The zero-order chi connectivity index (χ0) is 18.4. The van der Waals surface area contributed by atoms with Gasteiger partial charge in [0, 0.05) is 53.7 Å². The Morgan fingerprint density at radius 3 is 2.85 bits per heavy atom. The SMILES string of the molecule is Cc1cc(C[C@@H]2CN(C(=O)c3ccc4[nH]c(C)c(C)c4c3)C[C@H]2O)on1. The molecule has 0 spiro atoms. The molecule has 2 atom stereocenters. The van der Waals surface area contributed by atoms with Gasteiger partial charge in [-0.2, -0.15) is 0 Å². The molecule has 2 aromatic heterocycles. The Morgan fingerprint density at radius 1 is 1.31 bits per heavy atom. The van der Waals surface area contributed by atoms with Gasteiger partial charge in [-0.15, -0.1) is 0 Å². The third-order valence-corrected chi connectivity index (χ3v) is 5.39. The fourth-order valence-electron chi connectivity index (χ4n) is 3.77. The molecule has 3 heterocycles. The van der Waals surface area contributed by atoms with E-state index in [0.717, 1.165) is 33.6 Å². The summed E-state index contributed by atoms with van der Waals surface area (Å²) in [6, 6.07) is 7.61. The van der Waals surface area contributed by atoms with Crippen LogP contribution in [0.25, 0.3) is 10.9 Å². The van der Waals surface area contributed by atoms with Gasteiger partial charge in [-0.25, -0.2) is 0 Å². The van der Waals surface area contributed by atoms with Gasteiger partial charge >= 0.3 is 0 Å². The topological polar surface area (TPSA) is 82.4 Å². The number of aryl methyl sites for hydroxylation is 3. The maximum atomic E-state index is 12.9.